The second kappa shape index (κ2) is 13.6. The molecule has 43 heavy (non-hydrogen) atoms. The van der Waals surface area contributed by atoms with Crippen LogP contribution in [0.15, 0.2) is 28.4 Å². The number of nitrogens with zero attached hydrogens (tertiary/aromatic N) is 6. The SMILES string of the molecule is Cc1nc(N2CCC3(CC2)CO[C@@H](C)[C@H]3N)c(CO)nc1Sc1ccn2cc(C(=O)N3CCC(N)CC3)nc2c1Cl.Cl.Cl. The molecule has 11 nitrogen and oxygen atoms in total. The lowest BCUT2D eigenvalue weighted by atomic mass is 9.73. The van der Waals surface area contributed by atoms with Crippen molar-refractivity contribution in [2.24, 2.45) is 16.9 Å². The minimum Gasteiger partial charge on any atom is -0.390 e. The summed E-state index contributed by atoms with van der Waals surface area (Å²) >= 11 is 8.17. The fourth-order valence-electron chi connectivity index (χ4n) is 6.17. The lowest BCUT2D eigenvalue weighted by Crippen LogP contribution is -2.51. The maximum absolute atomic E-state index is 13.0. The number of imidazole rings is 1. The molecule has 0 aromatic carbocycles. The van der Waals surface area contributed by atoms with Gasteiger partial charge in [-0.1, -0.05) is 23.4 Å². The molecule has 0 aliphatic carbocycles. The van der Waals surface area contributed by atoms with E-state index >= 15 is 0 Å². The van der Waals surface area contributed by atoms with E-state index in [-0.39, 0.29) is 60.9 Å². The number of amides is 1. The topological polar surface area (TPSA) is 148 Å². The van der Waals surface area contributed by atoms with Gasteiger partial charge >= 0.3 is 0 Å². The van der Waals surface area contributed by atoms with Crippen molar-refractivity contribution in [2.75, 3.05) is 37.7 Å². The highest BCUT2D eigenvalue weighted by Crippen LogP contribution is 2.43. The number of carbonyl (C=O) groups is 1. The second-order valence-electron chi connectivity index (χ2n) is 11.5. The number of pyridine rings is 1. The molecule has 0 saturated carbocycles. The van der Waals surface area contributed by atoms with E-state index in [1.54, 1.807) is 15.5 Å². The summed E-state index contributed by atoms with van der Waals surface area (Å²) in [4.78, 5) is 32.0. The van der Waals surface area contributed by atoms with Gasteiger partial charge in [0, 0.05) is 61.0 Å². The van der Waals surface area contributed by atoms with Crippen molar-refractivity contribution in [1.82, 2.24) is 24.3 Å². The van der Waals surface area contributed by atoms with Crippen LogP contribution < -0.4 is 16.4 Å². The Hall–Kier alpha value is -1.90. The van der Waals surface area contributed by atoms with Gasteiger partial charge in [0.15, 0.2) is 11.5 Å². The van der Waals surface area contributed by atoms with Crippen molar-refractivity contribution in [3.05, 3.63) is 40.6 Å². The maximum Gasteiger partial charge on any atom is 0.274 e. The standard InChI is InChI=1S/C28H37ClN8O3S.2ClH/c1-16-26(34-20(14-38)24(32-16)35-11-6-28(7-12-35)15-40-17(2)23(28)31)41-21-5-10-37-13-19(33-25(37)22(21)29)27(39)36-8-3-18(30)4-9-36;;/h5,10,13,17-18,23,38H,3-4,6-9,11-12,14-15,30-31H2,1-2H3;2*1H/t17-,23+;;/m0../s1. The third-order valence-corrected chi connectivity index (χ3v) is 10.5. The third-order valence-electron chi connectivity index (χ3n) is 8.92. The highest BCUT2D eigenvalue weighted by Gasteiger charge is 2.47. The number of aryl methyl sites for hydroxylation is 1. The first-order valence-corrected chi connectivity index (χ1v) is 15.4. The number of ether oxygens (including phenoxy) is 1. The molecule has 3 aliphatic heterocycles. The van der Waals surface area contributed by atoms with Gasteiger partial charge in [-0.15, -0.1) is 24.8 Å². The molecule has 3 fully saturated rings. The van der Waals surface area contributed by atoms with Gasteiger partial charge in [0.1, 0.15) is 16.4 Å². The summed E-state index contributed by atoms with van der Waals surface area (Å²) in [6, 6.07) is 2.05. The number of hydrogen-bond acceptors (Lipinski definition) is 10. The molecule has 2 atom stereocenters. The first-order valence-electron chi connectivity index (χ1n) is 14.2. The quantitative estimate of drug-likeness (QED) is 0.368. The smallest absolute Gasteiger partial charge is 0.274 e. The van der Waals surface area contributed by atoms with Crippen molar-refractivity contribution in [1.29, 1.82) is 0 Å². The van der Waals surface area contributed by atoms with Gasteiger partial charge in [-0.05, 0) is 45.6 Å². The zero-order chi connectivity index (χ0) is 28.9. The van der Waals surface area contributed by atoms with Crippen molar-refractivity contribution in [2.45, 2.75) is 74.2 Å². The second-order valence-corrected chi connectivity index (χ2v) is 12.9. The first-order chi connectivity index (χ1) is 19.7. The molecule has 15 heteroatoms. The van der Waals surface area contributed by atoms with Gasteiger partial charge < -0.3 is 35.5 Å². The number of aliphatic hydroxyl groups excluding tert-OH is 1. The highest BCUT2D eigenvalue weighted by molar-refractivity contribution is 7.99. The number of piperidine rings is 2. The number of fused-ring (bicyclic) bond motifs is 1. The Morgan fingerprint density at radius 3 is 2.49 bits per heavy atom. The van der Waals surface area contributed by atoms with E-state index in [9.17, 15) is 9.90 Å². The number of nitrogens with two attached hydrogens (primary N) is 2. The average molecular weight is 674 g/mol. The number of hydrogen-bond donors (Lipinski definition) is 3. The molecule has 6 heterocycles. The molecular formula is C28H39Cl3N8O3S. The fraction of sp³-hybridized carbons (Fsp3) is 0.571. The van der Waals surface area contributed by atoms with Crippen LogP contribution in [0.3, 0.4) is 0 Å². The Morgan fingerprint density at radius 1 is 1.16 bits per heavy atom. The van der Waals surface area contributed by atoms with E-state index in [1.807, 2.05) is 26.1 Å². The summed E-state index contributed by atoms with van der Waals surface area (Å²) in [5.41, 5.74) is 14.6. The molecule has 0 unspecified atom stereocenters. The number of halogens is 3. The van der Waals surface area contributed by atoms with E-state index in [0.29, 0.717) is 52.6 Å². The van der Waals surface area contributed by atoms with Crippen LogP contribution >= 0.6 is 48.2 Å². The summed E-state index contributed by atoms with van der Waals surface area (Å²) in [5.74, 6) is 0.595. The Labute approximate surface area is 272 Å². The van der Waals surface area contributed by atoms with E-state index in [4.69, 9.17) is 37.8 Å². The van der Waals surface area contributed by atoms with E-state index < -0.39 is 0 Å². The number of anilines is 1. The minimum atomic E-state index is -0.225. The van der Waals surface area contributed by atoms with Gasteiger partial charge in [-0.3, -0.25) is 4.79 Å². The van der Waals surface area contributed by atoms with Gasteiger partial charge in [-0.25, -0.2) is 15.0 Å². The van der Waals surface area contributed by atoms with Crippen LogP contribution in [-0.2, 0) is 11.3 Å². The number of aromatic nitrogens is 4. The maximum atomic E-state index is 13.0. The molecular weight excluding hydrogens is 635 g/mol. The number of carbonyl (C=O) groups excluding carboxylic acids is 1. The predicted molar refractivity (Wildman–Crippen MR) is 172 cm³/mol. The molecule has 236 valence electrons. The van der Waals surface area contributed by atoms with E-state index in [2.05, 4.69) is 9.88 Å². The Morgan fingerprint density at radius 2 is 1.86 bits per heavy atom. The Balaban J connectivity index is 0.00000212. The molecule has 0 bridgehead atoms. The van der Waals surface area contributed by atoms with E-state index in [1.165, 1.54) is 11.8 Å². The normalized spacial score (nSPS) is 22.1. The lowest BCUT2D eigenvalue weighted by molar-refractivity contribution is 0.0709. The van der Waals surface area contributed by atoms with Crippen LogP contribution in [0.25, 0.3) is 5.65 Å². The van der Waals surface area contributed by atoms with Crippen LogP contribution in [0.2, 0.25) is 5.02 Å². The molecule has 5 N–H and O–H groups in total. The zero-order valence-corrected chi connectivity index (χ0v) is 27.4. The molecule has 3 aromatic heterocycles. The highest BCUT2D eigenvalue weighted by atomic mass is 35.5. The number of aliphatic hydroxyl groups is 1. The van der Waals surface area contributed by atoms with Crippen LogP contribution in [0.5, 0.6) is 0 Å². The number of likely N-dealkylation sites (tertiary alicyclic amines) is 1. The summed E-state index contributed by atoms with van der Waals surface area (Å²) in [7, 11) is 0. The molecule has 3 aromatic rings. The molecule has 6 rings (SSSR count). The van der Waals surface area contributed by atoms with Gasteiger partial charge in [0.2, 0.25) is 0 Å². The van der Waals surface area contributed by atoms with Gasteiger partial charge in [0.05, 0.1) is 30.0 Å². The summed E-state index contributed by atoms with van der Waals surface area (Å²) in [6.45, 7) is 7.25. The van der Waals surface area contributed by atoms with E-state index in [0.717, 1.165) is 49.4 Å². The van der Waals surface area contributed by atoms with Crippen molar-refractivity contribution < 1.29 is 14.6 Å². The summed E-state index contributed by atoms with van der Waals surface area (Å²) < 4.78 is 7.63. The van der Waals surface area contributed by atoms with Gasteiger partial charge in [0.25, 0.3) is 5.91 Å². The van der Waals surface area contributed by atoms with Crippen LogP contribution in [0, 0.1) is 12.3 Å². The monoisotopic (exact) mass is 672 g/mol. The first kappa shape index (κ1) is 34.0. The number of rotatable bonds is 5. The Kier molecular flexibility index (Phi) is 10.8. The summed E-state index contributed by atoms with van der Waals surface area (Å²) in [6.07, 6.45) is 7.03. The molecule has 1 amide bonds. The molecule has 3 aliphatic rings. The van der Waals surface area contributed by atoms with Crippen molar-refractivity contribution in [3.8, 4) is 0 Å². The predicted octanol–water partition coefficient (Wildman–Crippen LogP) is 3.47. The lowest BCUT2D eigenvalue weighted by Gasteiger charge is -2.42. The van der Waals surface area contributed by atoms with Crippen molar-refractivity contribution in [3.63, 3.8) is 0 Å². The Bertz CT molecular complexity index is 1460. The largest absolute Gasteiger partial charge is 0.390 e. The fourth-order valence-corrected chi connectivity index (χ4v) is 7.35. The van der Waals surface area contributed by atoms with Crippen LogP contribution in [0.1, 0.15) is 54.5 Å². The molecule has 3 saturated heterocycles. The average Bonchev–Trinajstić information content (AvgIpc) is 3.54. The minimum absolute atomic E-state index is 0. The third kappa shape index (κ3) is 6.44. The van der Waals surface area contributed by atoms with Crippen LogP contribution in [0.4, 0.5) is 5.82 Å². The summed E-state index contributed by atoms with van der Waals surface area (Å²) in [5, 5.41) is 11.3. The zero-order valence-electron chi connectivity index (χ0n) is 24.2. The van der Waals surface area contributed by atoms with Crippen LogP contribution in [-0.4, -0.2) is 86.2 Å². The van der Waals surface area contributed by atoms with Gasteiger partial charge in [-0.2, -0.15) is 0 Å². The molecule has 0 radical (unpaired) electrons. The molecule has 1 spiro atoms. The van der Waals surface area contributed by atoms with Crippen molar-refractivity contribution >= 4 is 65.5 Å².